The van der Waals surface area contributed by atoms with E-state index in [0.29, 0.717) is 12.0 Å². The number of carboxylic acids is 1. The van der Waals surface area contributed by atoms with Crippen molar-refractivity contribution >= 4 is 5.97 Å². The minimum atomic E-state index is -0.622. The van der Waals surface area contributed by atoms with Crippen molar-refractivity contribution in [1.29, 1.82) is 0 Å². The number of rotatable bonds is 3. The van der Waals surface area contributed by atoms with Crippen molar-refractivity contribution < 1.29 is 14.6 Å². The van der Waals surface area contributed by atoms with Gasteiger partial charge < -0.3 is 9.84 Å². The number of carbonyl (C=O) groups is 1. The molecule has 3 nitrogen and oxygen atoms in total. The molecule has 1 aliphatic heterocycles. The first-order valence-corrected chi connectivity index (χ1v) is 5.10. The molecule has 0 aromatic rings. The van der Waals surface area contributed by atoms with E-state index in [1.807, 2.05) is 0 Å². The molecule has 1 heterocycles. The van der Waals surface area contributed by atoms with Crippen LogP contribution in [0.2, 0.25) is 0 Å². The van der Waals surface area contributed by atoms with E-state index in [1.165, 1.54) is 12.8 Å². The van der Waals surface area contributed by atoms with Gasteiger partial charge in [-0.1, -0.05) is 0 Å². The summed E-state index contributed by atoms with van der Waals surface area (Å²) in [4.78, 5) is 10.5. The van der Waals surface area contributed by atoms with Gasteiger partial charge >= 0.3 is 5.97 Å². The van der Waals surface area contributed by atoms with Crippen molar-refractivity contribution in [3.8, 4) is 0 Å². The van der Waals surface area contributed by atoms with E-state index in [0.717, 1.165) is 25.9 Å². The van der Waals surface area contributed by atoms with E-state index in [-0.39, 0.29) is 5.92 Å². The highest BCUT2D eigenvalue weighted by Gasteiger charge is 2.36. The van der Waals surface area contributed by atoms with Crippen LogP contribution < -0.4 is 0 Å². The van der Waals surface area contributed by atoms with Crippen LogP contribution >= 0.6 is 0 Å². The van der Waals surface area contributed by atoms with Gasteiger partial charge in [-0.05, 0) is 38.0 Å². The largest absolute Gasteiger partial charge is 0.481 e. The summed E-state index contributed by atoms with van der Waals surface area (Å²) in [5.74, 6) is -0.0702. The Kier molecular flexibility index (Phi) is 2.54. The molecule has 0 bridgehead atoms. The van der Waals surface area contributed by atoms with Crippen molar-refractivity contribution in [3.05, 3.63) is 0 Å². The summed E-state index contributed by atoms with van der Waals surface area (Å²) in [6, 6.07) is 0. The lowest BCUT2D eigenvalue weighted by Crippen LogP contribution is -2.32. The lowest BCUT2D eigenvalue weighted by molar-refractivity contribution is -0.146. The molecule has 0 aromatic heterocycles. The van der Waals surface area contributed by atoms with Crippen LogP contribution in [0.4, 0.5) is 0 Å². The Morgan fingerprint density at radius 2 is 2.23 bits per heavy atom. The molecule has 0 amide bonds. The van der Waals surface area contributed by atoms with Crippen LogP contribution in [0.25, 0.3) is 0 Å². The first-order chi connectivity index (χ1) is 6.25. The van der Waals surface area contributed by atoms with Crippen LogP contribution in [0.5, 0.6) is 0 Å². The number of hydrogen-bond donors (Lipinski definition) is 1. The average Bonchev–Trinajstić information content (AvgIpc) is 2.46. The van der Waals surface area contributed by atoms with Crippen LogP contribution in [-0.2, 0) is 9.53 Å². The van der Waals surface area contributed by atoms with Gasteiger partial charge in [0.1, 0.15) is 0 Å². The second-order valence-electron chi connectivity index (χ2n) is 4.24. The highest BCUT2D eigenvalue weighted by molar-refractivity contribution is 5.71. The van der Waals surface area contributed by atoms with E-state index in [9.17, 15) is 4.79 Å². The van der Waals surface area contributed by atoms with Crippen LogP contribution in [-0.4, -0.2) is 23.8 Å². The smallest absolute Gasteiger partial charge is 0.306 e. The van der Waals surface area contributed by atoms with Crippen molar-refractivity contribution in [3.63, 3.8) is 0 Å². The zero-order chi connectivity index (χ0) is 9.26. The topological polar surface area (TPSA) is 46.5 Å². The van der Waals surface area contributed by atoms with Crippen LogP contribution in [0, 0.1) is 11.8 Å². The quantitative estimate of drug-likeness (QED) is 0.725. The van der Waals surface area contributed by atoms with Crippen molar-refractivity contribution in [2.24, 2.45) is 11.8 Å². The van der Waals surface area contributed by atoms with E-state index in [4.69, 9.17) is 9.84 Å². The number of aliphatic carboxylic acids is 1. The number of ether oxygens (including phenoxy) is 1. The van der Waals surface area contributed by atoms with Crippen LogP contribution in [0.1, 0.15) is 32.1 Å². The maximum atomic E-state index is 10.5. The lowest BCUT2D eigenvalue weighted by Gasteiger charge is -2.33. The Balaban J connectivity index is 1.66. The molecule has 74 valence electrons. The third-order valence-corrected chi connectivity index (χ3v) is 3.21. The van der Waals surface area contributed by atoms with Gasteiger partial charge in [-0.3, -0.25) is 4.79 Å². The molecule has 1 atom stereocenters. The summed E-state index contributed by atoms with van der Waals surface area (Å²) < 4.78 is 5.51. The van der Waals surface area contributed by atoms with Crippen LogP contribution in [0.15, 0.2) is 0 Å². The summed E-state index contributed by atoms with van der Waals surface area (Å²) in [5.41, 5.74) is 0. The molecule has 0 radical (unpaired) electrons. The zero-order valence-corrected chi connectivity index (χ0v) is 7.74. The minimum absolute atomic E-state index is 0.0635. The molecule has 0 spiro atoms. The molecular weight excluding hydrogens is 168 g/mol. The molecule has 2 rings (SSSR count). The molecule has 3 heteroatoms. The maximum Gasteiger partial charge on any atom is 0.306 e. The van der Waals surface area contributed by atoms with Crippen molar-refractivity contribution in [2.45, 2.75) is 38.2 Å². The van der Waals surface area contributed by atoms with Gasteiger partial charge in [0.2, 0.25) is 0 Å². The van der Waals surface area contributed by atoms with Gasteiger partial charge in [0.25, 0.3) is 0 Å². The van der Waals surface area contributed by atoms with Gasteiger partial charge in [-0.15, -0.1) is 0 Å². The Morgan fingerprint density at radius 3 is 2.77 bits per heavy atom. The lowest BCUT2D eigenvalue weighted by atomic mass is 9.72. The van der Waals surface area contributed by atoms with E-state index < -0.39 is 5.97 Å². The number of carboxylic acid groups (broad SMARTS) is 1. The maximum absolute atomic E-state index is 10.5. The fourth-order valence-electron chi connectivity index (χ4n) is 2.33. The first kappa shape index (κ1) is 9.00. The predicted octanol–water partition coefficient (Wildman–Crippen LogP) is 1.67. The fourth-order valence-corrected chi connectivity index (χ4v) is 2.33. The minimum Gasteiger partial charge on any atom is -0.481 e. The van der Waals surface area contributed by atoms with E-state index in [1.54, 1.807) is 0 Å². The Hall–Kier alpha value is -0.570. The molecule has 1 N–H and O–H groups in total. The standard InChI is InChI=1S/C10H16O3/c11-10(12)8-4-7(5-8)6-9-2-1-3-13-9/h7-9H,1-6H2,(H,11,12). The van der Waals surface area contributed by atoms with Gasteiger partial charge in [0, 0.05) is 6.61 Å². The summed E-state index contributed by atoms with van der Waals surface area (Å²) in [5, 5.41) is 8.68. The fraction of sp³-hybridized carbons (Fsp3) is 0.900. The highest BCUT2D eigenvalue weighted by Crippen LogP contribution is 2.38. The molecule has 0 aromatic carbocycles. The molecule has 2 fully saturated rings. The summed E-state index contributed by atoms with van der Waals surface area (Å²) in [7, 11) is 0. The number of hydrogen-bond acceptors (Lipinski definition) is 2. The van der Waals surface area contributed by atoms with Crippen molar-refractivity contribution in [2.75, 3.05) is 6.61 Å². The molecule has 1 aliphatic carbocycles. The SMILES string of the molecule is O=C(O)C1CC(CC2CCCO2)C1. The Labute approximate surface area is 78.1 Å². The third kappa shape index (κ3) is 2.02. The Bertz CT molecular complexity index is 190. The van der Waals surface area contributed by atoms with Crippen LogP contribution in [0.3, 0.4) is 0 Å². The predicted molar refractivity (Wildman–Crippen MR) is 47.4 cm³/mol. The van der Waals surface area contributed by atoms with Gasteiger partial charge in [0.05, 0.1) is 12.0 Å². The van der Waals surface area contributed by atoms with Gasteiger partial charge in [-0.2, -0.15) is 0 Å². The normalized spacial score (nSPS) is 38.6. The van der Waals surface area contributed by atoms with Crippen molar-refractivity contribution in [1.82, 2.24) is 0 Å². The second kappa shape index (κ2) is 3.66. The Morgan fingerprint density at radius 1 is 1.46 bits per heavy atom. The first-order valence-electron chi connectivity index (χ1n) is 5.10. The van der Waals surface area contributed by atoms with Gasteiger partial charge in [0.15, 0.2) is 0 Å². The summed E-state index contributed by atoms with van der Waals surface area (Å²) in [6.45, 7) is 0.903. The van der Waals surface area contributed by atoms with E-state index in [2.05, 4.69) is 0 Å². The van der Waals surface area contributed by atoms with E-state index >= 15 is 0 Å². The highest BCUT2D eigenvalue weighted by atomic mass is 16.5. The summed E-state index contributed by atoms with van der Waals surface area (Å²) >= 11 is 0. The monoisotopic (exact) mass is 184 g/mol. The molecule has 2 aliphatic rings. The molecule has 13 heavy (non-hydrogen) atoms. The molecule has 1 saturated heterocycles. The molecule has 1 unspecified atom stereocenters. The average molecular weight is 184 g/mol. The zero-order valence-electron chi connectivity index (χ0n) is 7.74. The third-order valence-electron chi connectivity index (χ3n) is 3.21. The summed E-state index contributed by atoms with van der Waals surface area (Å²) in [6.07, 6.45) is 5.61. The second-order valence-corrected chi connectivity index (χ2v) is 4.24. The van der Waals surface area contributed by atoms with Gasteiger partial charge in [-0.25, -0.2) is 0 Å². The molecular formula is C10H16O3. The molecule has 1 saturated carbocycles.